The molecule has 1 aliphatic rings. The van der Waals surface area contributed by atoms with E-state index in [2.05, 4.69) is 0 Å². The van der Waals surface area contributed by atoms with Crippen LogP contribution in [0.5, 0.6) is 0 Å². The van der Waals surface area contributed by atoms with Crippen molar-refractivity contribution in [2.45, 2.75) is 32.0 Å². The summed E-state index contributed by atoms with van der Waals surface area (Å²) in [6.45, 7) is -0.710. The van der Waals surface area contributed by atoms with Crippen LogP contribution in [0.15, 0.2) is 0 Å². The minimum atomic E-state index is -4.55. The van der Waals surface area contributed by atoms with E-state index in [0.29, 0.717) is 4.90 Å². The zero-order chi connectivity index (χ0) is 16.2. The van der Waals surface area contributed by atoms with E-state index in [0.717, 1.165) is 0 Å². The predicted octanol–water partition coefficient (Wildman–Crippen LogP) is 1.15. The van der Waals surface area contributed by atoms with Crippen LogP contribution in [-0.2, 0) is 4.79 Å². The minimum Gasteiger partial charge on any atom is -0.481 e. The molecule has 0 bridgehead atoms. The lowest BCUT2D eigenvalue weighted by Crippen LogP contribution is -2.53. The van der Waals surface area contributed by atoms with Crippen LogP contribution in [0, 0.1) is 5.92 Å². The topological polar surface area (TPSA) is 81.1 Å². The number of urea groups is 1. The number of amides is 2. The van der Waals surface area contributed by atoms with Crippen molar-refractivity contribution >= 4 is 12.0 Å². The molecule has 2 atom stereocenters. The number of hydrogen-bond donors (Lipinski definition) is 2. The monoisotopic (exact) mass is 312 g/mol. The molecule has 1 aliphatic heterocycles. The molecule has 0 aromatic carbocycles. The summed E-state index contributed by atoms with van der Waals surface area (Å²) in [5.41, 5.74) is 0. The van der Waals surface area contributed by atoms with Crippen molar-refractivity contribution in [3.8, 4) is 0 Å². The average molecular weight is 312 g/mol. The molecular weight excluding hydrogens is 293 g/mol. The van der Waals surface area contributed by atoms with Crippen LogP contribution < -0.4 is 0 Å². The number of carbonyl (C=O) groups excluding carboxylic acids is 1. The summed E-state index contributed by atoms with van der Waals surface area (Å²) in [5.74, 6) is -1.55. The summed E-state index contributed by atoms with van der Waals surface area (Å²) >= 11 is 0. The number of piperidine rings is 1. The molecule has 1 fully saturated rings. The van der Waals surface area contributed by atoms with Gasteiger partial charge in [0.25, 0.3) is 0 Å². The summed E-state index contributed by atoms with van der Waals surface area (Å²) in [6.07, 6.45) is -4.13. The summed E-state index contributed by atoms with van der Waals surface area (Å²) in [7, 11) is 0. The fourth-order valence-electron chi connectivity index (χ4n) is 2.44. The van der Waals surface area contributed by atoms with Crippen molar-refractivity contribution in [3.05, 3.63) is 0 Å². The molecule has 122 valence electrons. The van der Waals surface area contributed by atoms with Crippen LogP contribution in [-0.4, -0.2) is 70.5 Å². The van der Waals surface area contributed by atoms with E-state index in [1.54, 1.807) is 6.92 Å². The van der Waals surface area contributed by atoms with E-state index in [1.165, 1.54) is 4.90 Å². The summed E-state index contributed by atoms with van der Waals surface area (Å²) in [4.78, 5) is 24.8. The second kappa shape index (κ2) is 6.97. The van der Waals surface area contributed by atoms with Gasteiger partial charge >= 0.3 is 18.2 Å². The Morgan fingerprint density at radius 3 is 2.43 bits per heavy atom. The number of likely N-dealkylation sites (tertiary alicyclic amines) is 1. The molecule has 1 heterocycles. The number of carbonyl (C=O) groups is 2. The molecule has 0 radical (unpaired) electrons. The number of aliphatic hydroxyl groups excluding tert-OH is 1. The highest BCUT2D eigenvalue weighted by molar-refractivity contribution is 5.76. The van der Waals surface area contributed by atoms with Crippen LogP contribution in [0.2, 0.25) is 0 Å². The largest absolute Gasteiger partial charge is 0.481 e. The molecule has 9 heteroatoms. The molecule has 6 nitrogen and oxygen atoms in total. The highest BCUT2D eigenvalue weighted by Crippen LogP contribution is 2.25. The third-order valence-electron chi connectivity index (χ3n) is 3.48. The van der Waals surface area contributed by atoms with Gasteiger partial charge in [0.15, 0.2) is 0 Å². The van der Waals surface area contributed by atoms with Gasteiger partial charge in [-0.25, -0.2) is 4.79 Å². The van der Waals surface area contributed by atoms with E-state index >= 15 is 0 Å². The van der Waals surface area contributed by atoms with E-state index < -0.39 is 49.8 Å². The third kappa shape index (κ3) is 5.07. The maximum absolute atomic E-state index is 12.4. The Labute approximate surface area is 120 Å². The van der Waals surface area contributed by atoms with Crippen molar-refractivity contribution in [1.29, 1.82) is 0 Å². The van der Waals surface area contributed by atoms with Crippen molar-refractivity contribution in [3.63, 3.8) is 0 Å². The molecule has 2 amide bonds. The van der Waals surface area contributed by atoms with Gasteiger partial charge in [0.2, 0.25) is 0 Å². The van der Waals surface area contributed by atoms with Crippen molar-refractivity contribution in [2.24, 2.45) is 5.92 Å². The summed E-state index contributed by atoms with van der Waals surface area (Å²) in [5, 5.41) is 17.7. The van der Waals surface area contributed by atoms with E-state index in [9.17, 15) is 22.8 Å². The van der Waals surface area contributed by atoms with Gasteiger partial charge in [-0.2, -0.15) is 13.2 Å². The number of hydrogen-bond acceptors (Lipinski definition) is 3. The first-order valence-electron chi connectivity index (χ1n) is 6.61. The summed E-state index contributed by atoms with van der Waals surface area (Å²) < 4.78 is 37.3. The van der Waals surface area contributed by atoms with E-state index in [-0.39, 0.29) is 19.4 Å². The second-order valence-electron chi connectivity index (χ2n) is 5.14. The maximum atomic E-state index is 12.4. The molecule has 0 aromatic heterocycles. The molecule has 0 aliphatic carbocycles. The standard InChI is InChI=1S/C12H19F3N2O4/c1-8-6-9(10(19)20)2-3-17(8)11(21)16(4-5-18)7-12(13,14)15/h8-9,18H,2-7H2,1H3,(H,19,20). The number of carboxylic acids is 1. The number of aliphatic hydroxyl groups is 1. The first kappa shape index (κ1) is 17.5. The van der Waals surface area contributed by atoms with Gasteiger partial charge in [-0.15, -0.1) is 0 Å². The predicted molar refractivity (Wildman–Crippen MR) is 66.6 cm³/mol. The number of halogens is 3. The highest BCUT2D eigenvalue weighted by Gasteiger charge is 2.38. The number of aliphatic carboxylic acids is 1. The Balaban J connectivity index is 2.73. The molecule has 1 rings (SSSR count). The third-order valence-corrected chi connectivity index (χ3v) is 3.48. The zero-order valence-corrected chi connectivity index (χ0v) is 11.6. The van der Waals surface area contributed by atoms with Gasteiger partial charge < -0.3 is 20.0 Å². The maximum Gasteiger partial charge on any atom is 0.406 e. The second-order valence-corrected chi connectivity index (χ2v) is 5.14. The molecule has 21 heavy (non-hydrogen) atoms. The first-order chi connectivity index (χ1) is 9.65. The van der Waals surface area contributed by atoms with E-state index in [1.807, 2.05) is 0 Å². The number of rotatable bonds is 4. The Hall–Kier alpha value is -1.51. The minimum absolute atomic E-state index is 0.0940. The Bertz CT molecular complexity index is 389. The molecule has 2 N–H and O–H groups in total. The molecule has 0 aromatic rings. The Morgan fingerprint density at radius 2 is 2.00 bits per heavy atom. The normalized spacial score (nSPS) is 23.0. The van der Waals surface area contributed by atoms with Crippen LogP contribution in [0.4, 0.5) is 18.0 Å². The lowest BCUT2D eigenvalue weighted by atomic mass is 9.92. The van der Waals surface area contributed by atoms with Crippen LogP contribution >= 0.6 is 0 Å². The lowest BCUT2D eigenvalue weighted by Gasteiger charge is -2.39. The molecule has 0 spiro atoms. The van der Waals surface area contributed by atoms with Gasteiger partial charge in [-0.05, 0) is 19.8 Å². The smallest absolute Gasteiger partial charge is 0.406 e. The van der Waals surface area contributed by atoms with Gasteiger partial charge in [0, 0.05) is 19.1 Å². The van der Waals surface area contributed by atoms with Crippen molar-refractivity contribution < 1.29 is 33.0 Å². The quantitative estimate of drug-likeness (QED) is 0.816. The van der Waals surface area contributed by atoms with Gasteiger partial charge in [-0.3, -0.25) is 4.79 Å². The molecule has 1 saturated heterocycles. The summed E-state index contributed by atoms with van der Waals surface area (Å²) in [6, 6.07) is -1.28. The molecule has 0 saturated carbocycles. The van der Waals surface area contributed by atoms with Gasteiger partial charge in [0.05, 0.1) is 12.5 Å². The molecule has 2 unspecified atom stereocenters. The van der Waals surface area contributed by atoms with Crippen molar-refractivity contribution in [2.75, 3.05) is 26.2 Å². The van der Waals surface area contributed by atoms with Crippen LogP contribution in [0.25, 0.3) is 0 Å². The number of nitrogens with zero attached hydrogens (tertiary/aromatic N) is 2. The number of alkyl halides is 3. The lowest BCUT2D eigenvalue weighted by molar-refractivity contribution is -0.144. The Morgan fingerprint density at radius 1 is 1.38 bits per heavy atom. The average Bonchev–Trinajstić information content (AvgIpc) is 2.35. The van der Waals surface area contributed by atoms with Crippen molar-refractivity contribution in [1.82, 2.24) is 9.80 Å². The number of carboxylic acid groups (broad SMARTS) is 1. The fraction of sp³-hybridized carbons (Fsp3) is 0.833. The first-order valence-corrected chi connectivity index (χ1v) is 6.61. The van der Waals surface area contributed by atoms with Crippen LogP contribution in [0.1, 0.15) is 19.8 Å². The zero-order valence-electron chi connectivity index (χ0n) is 11.6. The van der Waals surface area contributed by atoms with E-state index in [4.69, 9.17) is 10.2 Å². The fourth-order valence-corrected chi connectivity index (χ4v) is 2.44. The Kier molecular flexibility index (Phi) is 5.82. The van der Waals surface area contributed by atoms with Gasteiger partial charge in [-0.1, -0.05) is 0 Å². The SMILES string of the molecule is CC1CC(C(=O)O)CCN1C(=O)N(CCO)CC(F)(F)F. The van der Waals surface area contributed by atoms with Crippen LogP contribution in [0.3, 0.4) is 0 Å². The molecular formula is C12H19F3N2O4. The van der Waals surface area contributed by atoms with Gasteiger partial charge in [0.1, 0.15) is 6.54 Å². The highest BCUT2D eigenvalue weighted by atomic mass is 19.4.